The van der Waals surface area contributed by atoms with Crippen molar-refractivity contribution in [1.82, 2.24) is 4.90 Å². The maximum Gasteiger partial charge on any atom is 0.416 e. The van der Waals surface area contributed by atoms with Crippen molar-refractivity contribution in [2.45, 2.75) is 69.6 Å². The van der Waals surface area contributed by atoms with Gasteiger partial charge in [-0.2, -0.15) is 13.2 Å². The van der Waals surface area contributed by atoms with Crippen LogP contribution in [0.4, 0.5) is 13.2 Å². The maximum absolute atomic E-state index is 13.4. The van der Waals surface area contributed by atoms with Crippen LogP contribution in [0, 0.1) is 0 Å². The van der Waals surface area contributed by atoms with Gasteiger partial charge in [0, 0.05) is 23.1 Å². The second-order valence-electron chi connectivity index (χ2n) is 10.2. The summed E-state index contributed by atoms with van der Waals surface area (Å²) in [6.07, 6.45) is -4.66. The predicted octanol–water partition coefficient (Wildman–Crippen LogP) is 5.53. The van der Waals surface area contributed by atoms with Gasteiger partial charge >= 0.3 is 6.18 Å². The molecule has 2 aliphatic rings. The van der Waals surface area contributed by atoms with Gasteiger partial charge in [0.2, 0.25) is 0 Å². The van der Waals surface area contributed by atoms with Crippen LogP contribution in [0.15, 0.2) is 36.4 Å². The van der Waals surface area contributed by atoms with Gasteiger partial charge in [0.05, 0.1) is 11.6 Å². The number of fused-ring (bicyclic) bond motifs is 2. The lowest BCUT2D eigenvalue weighted by molar-refractivity contribution is -0.137. The van der Waals surface area contributed by atoms with E-state index in [-0.39, 0.29) is 12.0 Å². The Morgan fingerprint density at radius 1 is 0.969 bits per heavy atom. The average Bonchev–Trinajstić information content (AvgIpc) is 2.65. The van der Waals surface area contributed by atoms with Crippen molar-refractivity contribution in [3.63, 3.8) is 0 Å². The molecule has 0 saturated heterocycles. The fourth-order valence-corrected chi connectivity index (χ4v) is 4.90. The maximum atomic E-state index is 13.4. The molecular formula is C25H30F3NO3. The molecule has 7 heteroatoms. The van der Waals surface area contributed by atoms with Gasteiger partial charge in [0.25, 0.3) is 0 Å². The Bertz CT molecular complexity index is 1030. The molecule has 0 spiro atoms. The zero-order chi connectivity index (χ0) is 23.6. The predicted molar refractivity (Wildman–Crippen MR) is 116 cm³/mol. The van der Waals surface area contributed by atoms with Crippen LogP contribution in [-0.2, 0) is 6.18 Å². The van der Waals surface area contributed by atoms with Gasteiger partial charge in [-0.15, -0.1) is 0 Å². The summed E-state index contributed by atoms with van der Waals surface area (Å²) in [7, 11) is 3.78. The first-order chi connectivity index (χ1) is 14.7. The number of aliphatic hydroxyl groups is 1. The van der Waals surface area contributed by atoms with E-state index in [1.54, 1.807) is 6.07 Å². The molecule has 1 N–H and O–H groups in total. The first kappa shape index (κ1) is 22.9. The third kappa shape index (κ3) is 3.97. The molecule has 2 aromatic rings. The minimum atomic E-state index is -4.41. The van der Waals surface area contributed by atoms with E-state index >= 15 is 0 Å². The number of hydrogen-bond acceptors (Lipinski definition) is 4. The SMILES string of the molecule is CN(C)C1c2cc3c(cc2OC(C)(C)[C@H]1O)OC(C)(C)CC3c1cccc(C(F)(F)F)c1. The van der Waals surface area contributed by atoms with E-state index in [9.17, 15) is 18.3 Å². The number of hydrogen-bond donors (Lipinski definition) is 1. The molecule has 0 fully saturated rings. The quantitative estimate of drug-likeness (QED) is 0.654. The van der Waals surface area contributed by atoms with Gasteiger partial charge in [-0.1, -0.05) is 18.2 Å². The summed E-state index contributed by atoms with van der Waals surface area (Å²) < 4.78 is 52.6. The van der Waals surface area contributed by atoms with Gasteiger partial charge in [-0.3, -0.25) is 4.90 Å². The first-order valence-corrected chi connectivity index (χ1v) is 10.8. The molecule has 0 saturated carbocycles. The summed E-state index contributed by atoms with van der Waals surface area (Å²) in [4.78, 5) is 1.94. The molecule has 0 radical (unpaired) electrons. The largest absolute Gasteiger partial charge is 0.487 e. The molecule has 0 aliphatic carbocycles. The van der Waals surface area contributed by atoms with Gasteiger partial charge in [-0.05, 0) is 65.9 Å². The highest BCUT2D eigenvalue weighted by Crippen LogP contribution is 2.51. The van der Waals surface area contributed by atoms with Gasteiger partial charge < -0.3 is 14.6 Å². The van der Waals surface area contributed by atoms with Crippen LogP contribution in [0.3, 0.4) is 0 Å². The van der Waals surface area contributed by atoms with Crippen molar-refractivity contribution in [3.05, 3.63) is 58.7 Å². The van der Waals surface area contributed by atoms with Crippen LogP contribution in [0.25, 0.3) is 0 Å². The summed E-state index contributed by atoms with van der Waals surface area (Å²) >= 11 is 0. The van der Waals surface area contributed by atoms with Gasteiger partial charge in [0.15, 0.2) is 0 Å². The third-order valence-electron chi connectivity index (χ3n) is 6.48. The van der Waals surface area contributed by atoms with E-state index < -0.39 is 29.0 Å². The Balaban J connectivity index is 1.89. The Morgan fingerprint density at radius 2 is 1.62 bits per heavy atom. The van der Waals surface area contributed by atoms with Gasteiger partial charge in [-0.25, -0.2) is 0 Å². The Kier molecular flexibility index (Phi) is 5.29. The molecule has 2 aromatic carbocycles. The molecule has 4 nitrogen and oxygen atoms in total. The molecular weight excluding hydrogens is 419 g/mol. The van der Waals surface area contributed by atoms with Crippen molar-refractivity contribution >= 4 is 0 Å². The van der Waals surface area contributed by atoms with E-state index in [0.29, 0.717) is 23.5 Å². The van der Waals surface area contributed by atoms with Crippen LogP contribution in [-0.4, -0.2) is 41.4 Å². The number of alkyl halides is 3. The Labute approximate surface area is 186 Å². The van der Waals surface area contributed by atoms with E-state index in [4.69, 9.17) is 9.47 Å². The number of nitrogens with zero attached hydrogens (tertiary/aromatic N) is 1. The van der Waals surface area contributed by atoms with Crippen molar-refractivity contribution < 1.29 is 27.8 Å². The number of benzene rings is 2. The summed E-state index contributed by atoms with van der Waals surface area (Å²) in [5.41, 5.74) is 0.179. The minimum Gasteiger partial charge on any atom is -0.487 e. The number of ether oxygens (including phenoxy) is 2. The topological polar surface area (TPSA) is 41.9 Å². The molecule has 3 atom stereocenters. The zero-order valence-electron chi connectivity index (χ0n) is 19.2. The summed E-state index contributed by atoms with van der Waals surface area (Å²) in [5, 5.41) is 11.0. The number of halogens is 3. The number of rotatable bonds is 2. The molecule has 2 aliphatic heterocycles. The first-order valence-electron chi connectivity index (χ1n) is 10.8. The molecule has 0 aromatic heterocycles. The van der Waals surface area contributed by atoms with Crippen molar-refractivity contribution in [2.24, 2.45) is 0 Å². The highest BCUT2D eigenvalue weighted by Gasteiger charge is 2.46. The third-order valence-corrected chi connectivity index (χ3v) is 6.48. The van der Waals surface area contributed by atoms with Crippen molar-refractivity contribution in [3.8, 4) is 11.5 Å². The number of likely N-dealkylation sites (N-methyl/N-ethyl adjacent to an activating group) is 1. The lowest BCUT2D eigenvalue weighted by Gasteiger charge is -2.46. The van der Waals surface area contributed by atoms with Crippen LogP contribution in [0.2, 0.25) is 0 Å². The average molecular weight is 450 g/mol. The normalized spacial score (nSPS) is 26.0. The minimum absolute atomic E-state index is 0.281. The standard InChI is InChI=1S/C25H30F3NO3/c1-23(2)13-18(14-8-7-9-15(10-14)25(26,27)28)16-11-17-20(12-19(16)31-23)32-24(3,4)22(30)21(17)29(5)6/h7-12,18,21-22,30H,13H2,1-6H3/t18?,21?,22-/m0/s1. The lowest BCUT2D eigenvalue weighted by Crippen LogP contribution is -2.52. The van der Waals surface area contributed by atoms with Crippen molar-refractivity contribution in [1.29, 1.82) is 0 Å². The van der Waals surface area contributed by atoms with Crippen LogP contribution in [0.5, 0.6) is 11.5 Å². The highest BCUT2D eigenvalue weighted by atomic mass is 19.4. The van der Waals surface area contributed by atoms with Crippen LogP contribution in [0.1, 0.15) is 68.3 Å². The Hall–Kier alpha value is -2.25. The second-order valence-corrected chi connectivity index (χ2v) is 10.2. The number of aliphatic hydroxyl groups excluding tert-OH is 1. The van der Waals surface area contributed by atoms with E-state index in [1.165, 1.54) is 12.1 Å². The summed E-state index contributed by atoms with van der Waals surface area (Å²) in [6, 6.07) is 8.96. The smallest absolute Gasteiger partial charge is 0.416 e. The highest BCUT2D eigenvalue weighted by molar-refractivity contribution is 5.55. The molecule has 4 rings (SSSR count). The monoisotopic (exact) mass is 449 g/mol. The summed E-state index contributed by atoms with van der Waals surface area (Å²) in [5.74, 6) is 0.946. The van der Waals surface area contributed by atoms with Crippen LogP contribution >= 0.6 is 0 Å². The molecule has 174 valence electrons. The van der Waals surface area contributed by atoms with E-state index in [1.807, 2.05) is 58.8 Å². The van der Waals surface area contributed by atoms with E-state index in [2.05, 4.69) is 0 Å². The second kappa shape index (κ2) is 7.39. The fourth-order valence-electron chi connectivity index (χ4n) is 4.90. The summed E-state index contributed by atoms with van der Waals surface area (Å²) in [6.45, 7) is 7.56. The van der Waals surface area contributed by atoms with E-state index in [0.717, 1.165) is 17.2 Å². The van der Waals surface area contributed by atoms with Crippen molar-refractivity contribution in [2.75, 3.05) is 14.1 Å². The zero-order valence-corrected chi connectivity index (χ0v) is 19.2. The molecule has 2 heterocycles. The van der Waals surface area contributed by atoms with Crippen LogP contribution < -0.4 is 9.47 Å². The molecule has 0 bridgehead atoms. The molecule has 32 heavy (non-hydrogen) atoms. The Morgan fingerprint density at radius 3 is 2.25 bits per heavy atom. The van der Waals surface area contributed by atoms with Gasteiger partial charge in [0.1, 0.15) is 28.8 Å². The molecule has 2 unspecified atom stereocenters. The lowest BCUT2D eigenvalue weighted by atomic mass is 9.77. The molecule has 0 amide bonds. The fraction of sp³-hybridized carbons (Fsp3) is 0.520.